The second-order valence-electron chi connectivity index (χ2n) is 4.95. The van der Waals surface area contributed by atoms with E-state index in [1.54, 1.807) is 4.90 Å². The third-order valence-corrected chi connectivity index (χ3v) is 3.79. The van der Waals surface area contributed by atoms with E-state index in [0.717, 1.165) is 19.0 Å². The topological polar surface area (TPSA) is 102 Å². The van der Waals surface area contributed by atoms with Crippen molar-refractivity contribution < 1.29 is 14.8 Å². The van der Waals surface area contributed by atoms with E-state index in [1.807, 2.05) is 6.92 Å². The molecule has 2 rings (SSSR count). The number of carbonyl (C=O) groups excluding carboxylic acids is 1. The van der Waals surface area contributed by atoms with Gasteiger partial charge in [0.25, 0.3) is 0 Å². The van der Waals surface area contributed by atoms with Crippen LogP contribution in [0.5, 0.6) is 0 Å². The van der Waals surface area contributed by atoms with Gasteiger partial charge in [0.05, 0.1) is 4.92 Å². The average Bonchev–Trinajstić information content (AvgIpc) is 3.03. The summed E-state index contributed by atoms with van der Waals surface area (Å²) >= 11 is 0. The number of aliphatic hydroxyl groups is 1. The standard InChI is InChI=1S/C12H18N4O4/c1-2-11-9(8-17)3-4-15(11)12(18)7-14-6-10(5-13-14)16(19)20/h5-6,9,11,17H,2-4,7-8H2,1H3/t9-,11+/m1/s1. The number of nitro groups is 1. The highest BCUT2D eigenvalue weighted by atomic mass is 16.6. The highest BCUT2D eigenvalue weighted by Gasteiger charge is 2.35. The predicted molar refractivity (Wildman–Crippen MR) is 69.9 cm³/mol. The molecule has 0 aromatic carbocycles. The summed E-state index contributed by atoms with van der Waals surface area (Å²) in [6, 6.07) is 0.0399. The highest BCUT2D eigenvalue weighted by molar-refractivity contribution is 5.76. The molecule has 8 heteroatoms. The molecule has 0 saturated carbocycles. The van der Waals surface area contributed by atoms with Crippen LogP contribution in [0.15, 0.2) is 12.4 Å². The molecule has 1 saturated heterocycles. The first-order valence-corrected chi connectivity index (χ1v) is 6.64. The molecule has 8 nitrogen and oxygen atoms in total. The van der Waals surface area contributed by atoms with Crippen LogP contribution >= 0.6 is 0 Å². The zero-order valence-corrected chi connectivity index (χ0v) is 11.3. The maximum absolute atomic E-state index is 12.2. The highest BCUT2D eigenvalue weighted by Crippen LogP contribution is 2.26. The molecule has 1 aromatic heterocycles. The summed E-state index contributed by atoms with van der Waals surface area (Å²) in [6.07, 6.45) is 3.96. The quantitative estimate of drug-likeness (QED) is 0.622. The lowest BCUT2D eigenvalue weighted by Gasteiger charge is -2.26. The monoisotopic (exact) mass is 282 g/mol. The van der Waals surface area contributed by atoms with Gasteiger partial charge in [-0.3, -0.25) is 19.6 Å². The number of amides is 1. The van der Waals surface area contributed by atoms with Crippen molar-refractivity contribution in [3.8, 4) is 0 Å². The lowest BCUT2D eigenvalue weighted by molar-refractivity contribution is -0.385. The summed E-state index contributed by atoms with van der Waals surface area (Å²) in [5.74, 6) is 0.00158. The van der Waals surface area contributed by atoms with E-state index >= 15 is 0 Å². The van der Waals surface area contributed by atoms with Gasteiger partial charge < -0.3 is 10.0 Å². The minimum absolute atomic E-state index is 0.0114. The van der Waals surface area contributed by atoms with Gasteiger partial charge in [-0.15, -0.1) is 0 Å². The number of likely N-dealkylation sites (tertiary alicyclic amines) is 1. The lowest BCUT2D eigenvalue weighted by Crippen LogP contribution is -2.40. The van der Waals surface area contributed by atoms with Gasteiger partial charge in [-0.25, -0.2) is 0 Å². The van der Waals surface area contributed by atoms with Crippen molar-refractivity contribution in [1.29, 1.82) is 0 Å². The largest absolute Gasteiger partial charge is 0.396 e. The molecular weight excluding hydrogens is 264 g/mol. The van der Waals surface area contributed by atoms with Gasteiger partial charge >= 0.3 is 5.69 Å². The normalized spacial score (nSPS) is 22.2. The molecule has 20 heavy (non-hydrogen) atoms. The Kier molecular flexibility index (Phi) is 4.33. The van der Waals surface area contributed by atoms with Gasteiger partial charge in [0, 0.05) is 25.1 Å². The average molecular weight is 282 g/mol. The second-order valence-corrected chi connectivity index (χ2v) is 4.95. The van der Waals surface area contributed by atoms with Gasteiger partial charge in [0.2, 0.25) is 5.91 Å². The third-order valence-electron chi connectivity index (χ3n) is 3.79. The van der Waals surface area contributed by atoms with Crippen LogP contribution in [-0.2, 0) is 11.3 Å². The van der Waals surface area contributed by atoms with Crippen molar-refractivity contribution >= 4 is 11.6 Å². The molecular formula is C12H18N4O4. The summed E-state index contributed by atoms with van der Waals surface area (Å²) in [6.45, 7) is 2.67. The number of aromatic nitrogens is 2. The molecule has 1 aromatic rings. The molecule has 0 unspecified atom stereocenters. The fraction of sp³-hybridized carbons (Fsp3) is 0.667. The Bertz CT molecular complexity index is 501. The summed E-state index contributed by atoms with van der Waals surface area (Å²) < 4.78 is 1.28. The number of carbonyl (C=O) groups is 1. The zero-order valence-electron chi connectivity index (χ0n) is 11.3. The number of nitrogens with zero attached hydrogens (tertiary/aromatic N) is 4. The van der Waals surface area contributed by atoms with E-state index in [0.29, 0.717) is 6.54 Å². The van der Waals surface area contributed by atoms with Gasteiger partial charge in [-0.05, 0) is 12.8 Å². The molecule has 1 aliphatic heterocycles. The van der Waals surface area contributed by atoms with Crippen LogP contribution < -0.4 is 0 Å². The van der Waals surface area contributed by atoms with Crippen LogP contribution in [0.1, 0.15) is 19.8 Å². The zero-order chi connectivity index (χ0) is 14.7. The molecule has 1 aliphatic rings. The first-order valence-electron chi connectivity index (χ1n) is 6.64. The fourth-order valence-corrected chi connectivity index (χ4v) is 2.76. The van der Waals surface area contributed by atoms with E-state index in [2.05, 4.69) is 5.10 Å². The molecule has 110 valence electrons. The van der Waals surface area contributed by atoms with Gasteiger partial charge in [-0.1, -0.05) is 6.92 Å². The van der Waals surface area contributed by atoms with Crippen LogP contribution in [0.25, 0.3) is 0 Å². The number of rotatable bonds is 5. The van der Waals surface area contributed by atoms with E-state index in [9.17, 15) is 20.0 Å². The number of hydrogen-bond acceptors (Lipinski definition) is 5. The Labute approximate surface area is 116 Å². The van der Waals surface area contributed by atoms with E-state index in [4.69, 9.17) is 0 Å². The first-order chi connectivity index (χ1) is 9.56. The number of aliphatic hydroxyl groups excluding tert-OH is 1. The van der Waals surface area contributed by atoms with Crippen molar-refractivity contribution in [2.24, 2.45) is 5.92 Å². The van der Waals surface area contributed by atoms with Crippen LogP contribution in [0.3, 0.4) is 0 Å². The maximum atomic E-state index is 12.2. The Hall–Kier alpha value is -1.96. The van der Waals surface area contributed by atoms with Crippen LogP contribution in [0.2, 0.25) is 0 Å². The first kappa shape index (κ1) is 14.4. The van der Waals surface area contributed by atoms with Crippen LogP contribution in [0, 0.1) is 16.0 Å². The molecule has 0 spiro atoms. The SMILES string of the molecule is CC[C@H]1[C@@H](CO)CCN1C(=O)Cn1cc([N+](=O)[O-])cn1. The summed E-state index contributed by atoms with van der Waals surface area (Å²) in [5.41, 5.74) is -0.125. The fourth-order valence-electron chi connectivity index (χ4n) is 2.76. The maximum Gasteiger partial charge on any atom is 0.307 e. The Morgan fingerprint density at radius 2 is 2.40 bits per heavy atom. The molecule has 1 fully saturated rings. The molecule has 2 heterocycles. The summed E-state index contributed by atoms with van der Waals surface area (Å²) in [7, 11) is 0. The van der Waals surface area contributed by atoms with Crippen molar-refractivity contribution in [2.45, 2.75) is 32.4 Å². The molecule has 0 radical (unpaired) electrons. The minimum atomic E-state index is -0.541. The van der Waals surface area contributed by atoms with E-state index in [1.165, 1.54) is 10.9 Å². The molecule has 0 aliphatic carbocycles. The smallest absolute Gasteiger partial charge is 0.307 e. The van der Waals surface area contributed by atoms with Crippen LogP contribution in [0.4, 0.5) is 5.69 Å². The number of hydrogen-bond donors (Lipinski definition) is 1. The Morgan fingerprint density at radius 1 is 1.65 bits per heavy atom. The Balaban J connectivity index is 2.02. The third kappa shape index (κ3) is 2.79. The lowest BCUT2D eigenvalue weighted by atomic mass is 9.99. The van der Waals surface area contributed by atoms with E-state index < -0.39 is 4.92 Å². The Morgan fingerprint density at radius 3 is 2.95 bits per heavy atom. The van der Waals surface area contributed by atoms with Gasteiger partial charge in [0.15, 0.2) is 0 Å². The molecule has 2 atom stereocenters. The molecule has 1 amide bonds. The molecule has 1 N–H and O–H groups in total. The summed E-state index contributed by atoms with van der Waals surface area (Å²) in [5, 5.41) is 23.7. The van der Waals surface area contributed by atoms with Crippen molar-refractivity contribution in [1.82, 2.24) is 14.7 Å². The van der Waals surface area contributed by atoms with Crippen molar-refractivity contribution in [3.05, 3.63) is 22.5 Å². The van der Waals surface area contributed by atoms with Gasteiger partial charge in [-0.2, -0.15) is 5.10 Å². The van der Waals surface area contributed by atoms with Crippen LogP contribution in [-0.4, -0.2) is 49.8 Å². The second kappa shape index (κ2) is 6.00. The summed E-state index contributed by atoms with van der Waals surface area (Å²) in [4.78, 5) is 24.0. The molecule has 0 bridgehead atoms. The van der Waals surface area contributed by atoms with Crippen molar-refractivity contribution in [3.63, 3.8) is 0 Å². The predicted octanol–water partition coefficient (Wildman–Crippen LogP) is 0.411. The van der Waals surface area contributed by atoms with E-state index in [-0.39, 0.29) is 36.7 Å². The van der Waals surface area contributed by atoms with Crippen molar-refractivity contribution in [2.75, 3.05) is 13.2 Å². The minimum Gasteiger partial charge on any atom is -0.396 e. The van der Waals surface area contributed by atoms with Gasteiger partial charge in [0.1, 0.15) is 18.9 Å².